The smallest absolute Gasteiger partial charge is 0.290 e. The minimum Gasteiger partial charge on any atom is -0.483 e. The van der Waals surface area contributed by atoms with Crippen molar-refractivity contribution in [2.45, 2.75) is 27.7 Å². The van der Waals surface area contributed by atoms with Crippen LogP contribution in [0.15, 0.2) is 0 Å². The van der Waals surface area contributed by atoms with Crippen molar-refractivity contribution >= 4 is 18.5 Å². The Kier molecular flexibility index (Phi) is 25.8. The van der Waals surface area contributed by atoms with Gasteiger partial charge in [-0.2, -0.15) is 0 Å². The molecule has 0 atom stereocenters. The summed E-state index contributed by atoms with van der Waals surface area (Å²) in [6, 6.07) is 0. The van der Waals surface area contributed by atoms with E-state index in [9.17, 15) is 9.59 Å². The van der Waals surface area contributed by atoms with Crippen molar-refractivity contribution in [2.75, 3.05) is 66.0 Å². The van der Waals surface area contributed by atoms with Gasteiger partial charge >= 0.3 is 0 Å². The van der Waals surface area contributed by atoms with Gasteiger partial charge in [-0.25, -0.2) is 0 Å². The predicted octanol–water partition coefficient (Wildman–Crippen LogP) is 0.0493. The Morgan fingerprint density at radius 2 is 1.28 bits per heavy atom. The molecular formula is C17H37N3O5. The maximum absolute atomic E-state index is 11.2. The van der Waals surface area contributed by atoms with Crippen molar-refractivity contribution in [1.82, 2.24) is 14.7 Å². The van der Waals surface area contributed by atoms with Gasteiger partial charge < -0.3 is 19.9 Å². The van der Waals surface area contributed by atoms with Gasteiger partial charge in [-0.1, -0.05) is 20.8 Å². The number of carbonyl (C=O) groups excluding carboxylic acids is 2. The van der Waals surface area contributed by atoms with Gasteiger partial charge in [-0.15, -0.1) is 0 Å². The fourth-order valence-corrected chi connectivity index (χ4v) is 2.26. The minimum atomic E-state index is -0.250. The molecule has 1 saturated heterocycles. The number of aliphatic hydroxyl groups excluding tert-OH is 1. The van der Waals surface area contributed by atoms with Crippen molar-refractivity contribution in [3.05, 3.63) is 0 Å². The Bertz CT molecular complexity index is 317. The third kappa shape index (κ3) is 18.8. The van der Waals surface area contributed by atoms with Crippen LogP contribution in [-0.4, -0.2) is 109 Å². The molecule has 0 aromatic rings. The SMILES string of the molecule is CC.CCN1CCN(CC=O)CCN(CC(C)=O)CC1.CO.O=CO. The van der Waals surface area contributed by atoms with Crippen molar-refractivity contribution in [3.63, 3.8) is 0 Å². The van der Waals surface area contributed by atoms with E-state index in [1.165, 1.54) is 0 Å². The third-order valence-corrected chi connectivity index (χ3v) is 3.42. The molecule has 0 saturated carbocycles. The number of Topliss-reactive ketones (excluding diaryl/α,β-unsaturated/α-hetero) is 1. The molecule has 1 heterocycles. The summed E-state index contributed by atoms with van der Waals surface area (Å²) in [5.74, 6) is 0.208. The summed E-state index contributed by atoms with van der Waals surface area (Å²) in [4.78, 5) is 37.0. The van der Waals surface area contributed by atoms with Gasteiger partial charge in [0.15, 0.2) is 0 Å². The summed E-state index contributed by atoms with van der Waals surface area (Å²) in [7, 11) is 1.00. The lowest BCUT2D eigenvalue weighted by Crippen LogP contribution is -2.38. The number of likely N-dealkylation sites (N-methyl/N-ethyl adjacent to an activating group) is 1. The number of hydrogen-bond donors (Lipinski definition) is 2. The van der Waals surface area contributed by atoms with Crippen LogP contribution in [0.25, 0.3) is 0 Å². The van der Waals surface area contributed by atoms with E-state index in [1.54, 1.807) is 6.92 Å². The van der Waals surface area contributed by atoms with Crippen LogP contribution < -0.4 is 0 Å². The molecule has 2 N–H and O–H groups in total. The van der Waals surface area contributed by atoms with Gasteiger partial charge in [-0.05, 0) is 13.5 Å². The van der Waals surface area contributed by atoms with Gasteiger partial charge in [0.1, 0.15) is 12.1 Å². The number of aldehydes is 1. The molecule has 0 unspecified atom stereocenters. The van der Waals surface area contributed by atoms with E-state index in [2.05, 4.69) is 21.6 Å². The topological polar surface area (TPSA) is 101 Å². The molecule has 8 nitrogen and oxygen atoms in total. The number of nitrogens with zero attached hydrogens (tertiary/aromatic N) is 3. The van der Waals surface area contributed by atoms with Crippen LogP contribution in [0.2, 0.25) is 0 Å². The maximum atomic E-state index is 11.2. The molecule has 1 aliphatic rings. The van der Waals surface area contributed by atoms with Crippen molar-refractivity contribution < 1.29 is 24.6 Å². The fraction of sp³-hybridized carbons (Fsp3) is 0.824. The fourth-order valence-electron chi connectivity index (χ4n) is 2.26. The molecule has 1 aliphatic heterocycles. The number of rotatable bonds is 5. The summed E-state index contributed by atoms with van der Waals surface area (Å²) in [5.41, 5.74) is 0. The highest BCUT2D eigenvalue weighted by Gasteiger charge is 2.15. The largest absolute Gasteiger partial charge is 0.483 e. The van der Waals surface area contributed by atoms with Crippen molar-refractivity contribution in [2.24, 2.45) is 0 Å². The monoisotopic (exact) mass is 363 g/mol. The molecular weight excluding hydrogens is 326 g/mol. The number of carboxylic acid groups (broad SMARTS) is 1. The molecule has 0 radical (unpaired) electrons. The van der Waals surface area contributed by atoms with Crippen LogP contribution in [0.4, 0.5) is 0 Å². The number of carbonyl (C=O) groups is 3. The zero-order chi connectivity index (χ0) is 20.1. The normalized spacial score (nSPS) is 16.1. The quantitative estimate of drug-likeness (QED) is 0.661. The van der Waals surface area contributed by atoms with Crippen molar-refractivity contribution in [1.29, 1.82) is 0 Å². The van der Waals surface area contributed by atoms with E-state index in [0.717, 1.165) is 59.2 Å². The molecule has 0 spiro atoms. The zero-order valence-electron chi connectivity index (χ0n) is 16.5. The summed E-state index contributed by atoms with van der Waals surface area (Å²) in [6.45, 7) is 15.2. The van der Waals surface area contributed by atoms with E-state index >= 15 is 0 Å². The molecule has 8 heteroatoms. The van der Waals surface area contributed by atoms with Gasteiger partial charge in [0.25, 0.3) is 6.47 Å². The van der Waals surface area contributed by atoms with E-state index in [0.29, 0.717) is 13.1 Å². The first-order valence-corrected chi connectivity index (χ1v) is 8.70. The Morgan fingerprint density at radius 3 is 1.60 bits per heavy atom. The van der Waals surface area contributed by atoms with Crippen LogP contribution in [0.3, 0.4) is 0 Å². The Balaban J connectivity index is -0.000000605. The van der Waals surface area contributed by atoms with Gasteiger partial charge in [0, 0.05) is 46.4 Å². The predicted molar refractivity (Wildman–Crippen MR) is 99.9 cm³/mol. The highest BCUT2D eigenvalue weighted by Crippen LogP contribution is 2.00. The number of aliphatic hydroxyl groups is 1. The van der Waals surface area contributed by atoms with Crippen LogP contribution in [-0.2, 0) is 14.4 Å². The highest BCUT2D eigenvalue weighted by atomic mass is 16.3. The van der Waals surface area contributed by atoms with E-state index in [-0.39, 0.29) is 12.3 Å². The van der Waals surface area contributed by atoms with Gasteiger partial charge in [0.2, 0.25) is 0 Å². The molecule has 1 rings (SSSR count). The Morgan fingerprint density at radius 1 is 0.920 bits per heavy atom. The lowest BCUT2D eigenvalue weighted by Gasteiger charge is -2.23. The standard InChI is InChI=1S/C13H25N3O2.C2H6.CH2O2.CH4O/c1-3-14-4-6-15(10-11-17)7-9-16(8-5-14)12-13(2)18;1-2;2-1-3;1-2/h11H,3-10,12H2,1-2H3;1-2H3;1H,(H,2,3);2H,1H3. The first-order chi connectivity index (χ1) is 12.1. The van der Waals surface area contributed by atoms with E-state index in [4.69, 9.17) is 15.0 Å². The first-order valence-electron chi connectivity index (χ1n) is 8.70. The summed E-state index contributed by atoms with van der Waals surface area (Å²) in [5, 5.41) is 13.9. The second-order valence-corrected chi connectivity index (χ2v) is 4.99. The minimum absolute atomic E-state index is 0.208. The molecule has 0 aromatic heterocycles. The molecule has 0 aliphatic carbocycles. The summed E-state index contributed by atoms with van der Waals surface area (Å²) >= 11 is 0. The van der Waals surface area contributed by atoms with Crippen molar-refractivity contribution in [3.8, 4) is 0 Å². The second kappa shape index (κ2) is 22.6. The average molecular weight is 363 g/mol. The first kappa shape index (κ1) is 28.5. The molecule has 150 valence electrons. The summed E-state index contributed by atoms with van der Waals surface area (Å²) < 4.78 is 0. The average Bonchev–Trinajstić information content (AvgIpc) is 2.71. The van der Waals surface area contributed by atoms with Gasteiger partial charge in [0.05, 0.1) is 13.1 Å². The number of hydrogen-bond acceptors (Lipinski definition) is 7. The van der Waals surface area contributed by atoms with Crippen LogP contribution in [0, 0.1) is 0 Å². The summed E-state index contributed by atoms with van der Waals surface area (Å²) in [6.07, 6.45) is 0.962. The van der Waals surface area contributed by atoms with E-state index in [1.807, 2.05) is 13.8 Å². The molecule has 0 amide bonds. The zero-order valence-corrected chi connectivity index (χ0v) is 16.5. The Hall–Kier alpha value is -1.35. The molecule has 0 aromatic carbocycles. The second-order valence-electron chi connectivity index (χ2n) is 4.99. The lowest BCUT2D eigenvalue weighted by atomic mass is 10.3. The van der Waals surface area contributed by atoms with Crippen LogP contribution in [0.5, 0.6) is 0 Å². The molecule has 25 heavy (non-hydrogen) atoms. The Labute approximate surface area is 152 Å². The lowest BCUT2D eigenvalue weighted by molar-refractivity contribution is -0.123. The maximum Gasteiger partial charge on any atom is 0.290 e. The van der Waals surface area contributed by atoms with E-state index < -0.39 is 0 Å². The highest BCUT2D eigenvalue weighted by molar-refractivity contribution is 5.77. The van der Waals surface area contributed by atoms with Crippen LogP contribution >= 0.6 is 0 Å². The van der Waals surface area contributed by atoms with Crippen LogP contribution in [0.1, 0.15) is 27.7 Å². The molecule has 0 bridgehead atoms. The van der Waals surface area contributed by atoms with Gasteiger partial charge in [-0.3, -0.25) is 19.4 Å². The third-order valence-electron chi connectivity index (χ3n) is 3.42. The number of ketones is 1. The molecule has 1 fully saturated rings.